The van der Waals surface area contributed by atoms with E-state index < -0.39 is 0 Å². The lowest BCUT2D eigenvalue weighted by Gasteiger charge is -2.11. The van der Waals surface area contributed by atoms with Crippen LogP contribution in [-0.4, -0.2) is 24.2 Å². The van der Waals surface area contributed by atoms with Gasteiger partial charge in [0.05, 0.1) is 18.9 Å². The number of carbonyl (C=O) groups is 1. The van der Waals surface area contributed by atoms with Crippen LogP contribution in [0.25, 0.3) is 0 Å². The Hall–Kier alpha value is -3.67. The molecule has 3 rings (SSSR count). The molecular weight excluding hydrogens is 354 g/mol. The zero-order valence-electron chi connectivity index (χ0n) is 15.8. The maximum Gasteiger partial charge on any atom is 0.272 e. The van der Waals surface area contributed by atoms with E-state index in [1.165, 1.54) is 6.20 Å². The molecule has 1 aromatic heterocycles. The number of ether oxygens (including phenoxy) is 2. The Labute approximate surface area is 163 Å². The molecule has 2 aromatic carbocycles. The highest BCUT2D eigenvalue weighted by atomic mass is 16.5. The monoisotopic (exact) mass is 375 g/mol. The predicted molar refractivity (Wildman–Crippen MR) is 108 cm³/mol. The third-order valence-electron chi connectivity index (χ3n) is 3.98. The largest absolute Gasteiger partial charge is 0.493 e. The van der Waals surface area contributed by atoms with Crippen molar-refractivity contribution in [1.82, 2.24) is 10.4 Å². The van der Waals surface area contributed by atoms with E-state index in [9.17, 15) is 4.79 Å². The number of aryl methyl sites for hydroxylation is 1. The highest BCUT2D eigenvalue weighted by molar-refractivity contribution is 5.94. The molecule has 1 amide bonds. The molecule has 3 aromatic rings. The zero-order valence-corrected chi connectivity index (χ0v) is 15.8. The van der Waals surface area contributed by atoms with Gasteiger partial charge in [0.25, 0.3) is 5.91 Å². The Bertz CT molecular complexity index is 955. The van der Waals surface area contributed by atoms with Crippen molar-refractivity contribution in [2.45, 2.75) is 13.5 Å². The maximum absolute atomic E-state index is 12.0. The van der Waals surface area contributed by atoms with E-state index in [2.05, 4.69) is 15.5 Å². The minimum atomic E-state index is -0.321. The summed E-state index contributed by atoms with van der Waals surface area (Å²) in [5.74, 6) is 0.908. The lowest BCUT2D eigenvalue weighted by molar-refractivity contribution is 0.0955. The molecule has 6 nitrogen and oxygen atoms in total. The van der Waals surface area contributed by atoms with Crippen LogP contribution in [0.1, 0.15) is 27.2 Å². The van der Waals surface area contributed by atoms with Crippen LogP contribution in [0.3, 0.4) is 0 Å². The molecule has 0 unspecified atom stereocenters. The van der Waals surface area contributed by atoms with Crippen LogP contribution in [0.15, 0.2) is 72.0 Å². The van der Waals surface area contributed by atoms with Gasteiger partial charge in [0, 0.05) is 11.9 Å². The van der Waals surface area contributed by atoms with Crippen molar-refractivity contribution in [3.63, 3.8) is 0 Å². The van der Waals surface area contributed by atoms with Crippen LogP contribution in [0.2, 0.25) is 0 Å². The molecule has 1 heterocycles. The van der Waals surface area contributed by atoms with Gasteiger partial charge in [0.15, 0.2) is 11.5 Å². The van der Waals surface area contributed by atoms with E-state index in [-0.39, 0.29) is 5.91 Å². The molecule has 0 atom stereocenters. The van der Waals surface area contributed by atoms with Gasteiger partial charge < -0.3 is 9.47 Å². The smallest absolute Gasteiger partial charge is 0.272 e. The Morgan fingerprint density at radius 2 is 1.93 bits per heavy atom. The second-order valence-electron chi connectivity index (χ2n) is 6.07. The normalized spacial score (nSPS) is 10.6. The highest BCUT2D eigenvalue weighted by Crippen LogP contribution is 2.28. The number of carbonyl (C=O) groups excluding carboxylic acids is 1. The van der Waals surface area contributed by atoms with Crippen molar-refractivity contribution >= 4 is 12.1 Å². The fraction of sp³-hybridized carbons (Fsp3) is 0.136. The van der Waals surface area contributed by atoms with Crippen LogP contribution in [0.4, 0.5) is 0 Å². The van der Waals surface area contributed by atoms with Gasteiger partial charge in [-0.3, -0.25) is 9.78 Å². The number of pyridine rings is 1. The first kappa shape index (κ1) is 19.1. The SMILES string of the molecule is COc1cc(/C=N/NC(=O)c2ccc(C)nc2)ccc1OCc1ccccc1. The number of nitrogens with zero attached hydrogens (tertiary/aromatic N) is 2. The van der Waals surface area contributed by atoms with Crippen LogP contribution < -0.4 is 14.9 Å². The second kappa shape index (κ2) is 9.32. The van der Waals surface area contributed by atoms with Crippen molar-refractivity contribution in [3.8, 4) is 11.5 Å². The van der Waals surface area contributed by atoms with Gasteiger partial charge in [-0.1, -0.05) is 30.3 Å². The number of hydrazone groups is 1. The summed E-state index contributed by atoms with van der Waals surface area (Å²) in [5.41, 5.74) is 5.62. The van der Waals surface area contributed by atoms with Gasteiger partial charge in [0.2, 0.25) is 0 Å². The summed E-state index contributed by atoms with van der Waals surface area (Å²) >= 11 is 0. The van der Waals surface area contributed by atoms with E-state index >= 15 is 0 Å². The Morgan fingerprint density at radius 1 is 1.11 bits per heavy atom. The van der Waals surface area contributed by atoms with Crippen molar-refractivity contribution < 1.29 is 14.3 Å². The number of hydrogen-bond donors (Lipinski definition) is 1. The van der Waals surface area contributed by atoms with Crippen LogP contribution >= 0.6 is 0 Å². The molecule has 142 valence electrons. The fourth-order valence-electron chi connectivity index (χ4n) is 2.45. The molecule has 0 spiro atoms. The number of nitrogens with one attached hydrogen (secondary N) is 1. The Morgan fingerprint density at radius 3 is 2.64 bits per heavy atom. The van der Waals surface area contributed by atoms with Gasteiger partial charge in [0.1, 0.15) is 6.61 Å². The molecule has 28 heavy (non-hydrogen) atoms. The maximum atomic E-state index is 12.0. The molecule has 0 radical (unpaired) electrons. The lowest BCUT2D eigenvalue weighted by atomic mass is 10.2. The minimum absolute atomic E-state index is 0.321. The summed E-state index contributed by atoms with van der Waals surface area (Å²) in [5, 5.41) is 3.99. The summed E-state index contributed by atoms with van der Waals surface area (Å²) < 4.78 is 11.2. The third-order valence-corrected chi connectivity index (χ3v) is 3.98. The number of methoxy groups -OCH3 is 1. The average molecular weight is 375 g/mol. The molecule has 0 aliphatic carbocycles. The molecule has 0 fully saturated rings. The number of rotatable bonds is 7. The number of aromatic nitrogens is 1. The van der Waals surface area contributed by atoms with E-state index in [0.29, 0.717) is 23.7 Å². The Kier molecular flexibility index (Phi) is 6.36. The summed E-state index contributed by atoms with van der Waals surface area (Å²) in [4.78, 5) is 16.1. The highest BCUT2D eigenvalue weighted by Gasteiger charge is 2.06. The summed E-state index contributed by atoms with van der Waals surface area (Å²) in [6.07, 6.45) is 3.06. The topological polar surface area (TPSA) is 72.8 Å². The lowest BCUT2D eigenvalue weighted by Crippen LogP contribution is -2.17. The second-order valence-corrected chi connectivity index (χ2v) is 6.07. The summed E-state index contributed by atoms with van der Waals surface area (Å²) in [6, 6.07) is 18.8. The molecule has 1 N–H and O–H groups in total. The van der Waals surface area contributed by atoms with Gasteiger partial charge in [-0.25, -0.2) is 5.43 Å². The van der Waals surface area contributed by atoms with Crippen molar-refractivity contribution in [2.75, 3.05) is 7.11 Å². The van der Waals surface area contributed by atoms with E-state index in [1.54, 1.807) is 31.5 Å². The Balaban J connectivity index is 1.61. The summed E-state index contributed by atoms with van der Waals surface area (Å²) in [7, 11) is 1.58. The van der Waals surface area contributed by atoms with E-state index in [0.717, 1.165) is 16.8 Å². The first-order valence-electron chi connectivity index (χ1n) is 8.76. The first-order chi connectivity index (χ1) is 13.7. The molecule has 0 saturated heterocycles. The molecule has 0 aliphatic rings. The van der Waals surface area contributed by atoms with E-state index in [1.807, 2.05) is 49.4 Å². The minimum Gasteiger partial charge on any atom is -0.493 e. The van der Waals surface area contributed by atoms with Crippen LogP contribution in [-0.2, 0) is 6.61 Å². The zero-order chi connectivity index (χ0) is 19.8. The molecule has 0 aliphatic heterocycles. The molecule has 0 bridgehead atoms. The van der Waals surface area contributed by atoms with Crippen molar-refractivity contribution in [3.05, 3.63) is 89.2 Å². The van der Waals surface area contributed by atoms with Crippen LogP contribution in [0, 0.1) is 6.92 Å². The fourth-order valence-corrected chi connectivity index (χ4v) is 2.45. The third kappa shape index (κ3) is 5.17. The quantitative estimate of drug-likeness (QED) is 0.504. The first-order valence-corrected chi connectivity index (χ1v) is 8.76. The molecule has 0 saturated carbocycles. The van der Waals surface area contributed by atoms with Crippen molar-refractivity contribution in [1.29, 1.82) is 0 Å². The molecular formula is C22H21N3O3. The standard InChI is InChI=1S/C22H21N3O3/c1-16-8-10-19(14-23-16)22(26)25-24-13-18-9-11-20(21(12-18)27-2)28-15-17-6-4-3-5-7-17/h3-14H,15H2,1-2H3,(H,25,26)/b24-13+. The van der Waals surface area contributed by atoms with Crippen LogP contribution in [0.5, 0.6) is 11.5 Å². The van der Waals surface area contributed by atoms with Gasteiger partial charge in [-0.2, -0.15) is 5.10 Å². The number of hydrogen-bond acceptors (Lipinski definition) is 5. The number of amides is 1. The van der Waals surface area contributed by atoms with Crippen molar-refractivity contribution in [2.24, 2.45) is 5.10 Å². The van der Waals surface area contributed by atoms with Gasteiger partial charge in [-0.05, 0) is 48.4 Å². The van der Waals surface area contributed by atoms with Gasteiger partial charge >= 0.3 is 0 Å². The van der Waals surface area contributed by atoms with Gasteiger partial charge in [-0.15, -0.1) is 0 Å². The number of benzene rings is 2. The predicted octanol–water partition coefficient (Wildman–Crippen LogP) is 3.74. The summed E-state index contributed by atoms with van der Waals surface area (Å²) in [6.45, 7) is 2.31. The van der Waals surface area contributed by atoms with E-state index in [4.69, 9.17) is 9.47 Å². The molecule has 6 heteroatoms. The average Bonchev–Trinajstić information content (AvgIpc) is 2.73.